The molecular weight excluding hydrogens is 231 g/mol. The minimum Gasteiger partial charge on any atom is -0.342 e. The third-order valence-corrected chi connectivity index (χ3v) is 3.90. The van der Waals surface area contributed by atoms with Crippen LogP contribution in [0.15, 0.2) is 0 Å². The van der Waals surface area contributed by atoms with Gasteiger partial charge in [-0.2, -0.15) is 13.2 Å². The lowest BCUT2D eigenvalue weighted by molar-refractivity contribution is -0.188. The number of likely N-dealkylation sites (tertiary alicyclic amines) is 1. The van der Waals surface area contributed by atoms with Gasteiger partial charge < -0.3 is 4.90 Å². The second kappa shape index (κ2) is 4.86. The van der Waals surface area contributed by atoms with Crippen molar-refractivity contribution in [3.63, 3.8) is 0 Å². The molecule has 0 bridgehead atoms. The molecular formula is C12H18F3NO. The molecule has 5 heteroatoms. The SMILES string of the molecule is O=C(C1CCCC1)N1CCCC(C(F)(F)F)C1. The fourth-order valence-electron chi connectivity index (χ4n) is 2.88. The first-order valence-corrected chi connectivity index (χ1v) is 6.34. The lowest BCUT2D eigenvalue weighted by Gasteiger charge is -2.35. The molecule has 0 N–H and O–H groups in total. The normalized spacial score (nSPS) is 27.5. The molecule has 2 fully saturated rings. The Bertz CT molecular complexity index is 284. The number of halogens is 3. The Labute approximate surface area is 99.2 Å². The van der Waals surface area contributed by atoms with Gasteiger partial charge in [0.15, 0.2) is 0 Å². The van der Waals surface area contributed by atoms with Crippen molar-refractivity contribution in [1.29, 1.82) is 0 Å². The van der Waals surface area contributed by atoms with Crippen LogP contribution in [0, 0.1) is 11.8 Å². The zero-order chi connectivity index (χ0) is 12.5. The Balaban J connectivity index is 1.94. The fraction of sp³-hybridized carbons (Fsp3) is 0.917. The number of rotatable bonds is 1. The van der Waals surface area contributed by atoms with Gasteiger partial charge in [0.25, 0.3) is 0 Å². The average Bonchev–Trinajstić information content (AvgIpc) is 2.80. The maximum atomic E-state index is 12.6. The van der Waals surface area contributed by atoms with Gasteiger partial charge in [-0.3, -0.25) is 4.79 Å². The largest absolute Gasteiger partial charge is 0.393 e. The first-order valence-electron chi connectivity index (χ1n) is 6.34. The van der Waals surface area contributed by atoms with E-state index < -0.39 is 12.1 Å². The van der Waals surface area contributed by atoms with Gasteiger partial charge in [-0.25, -0.2) is 0 Å². The van der Waals surface area contributed by atoms with Crippen LogP contribution in [0.5, 0.6) is 0 Å². The van der Waals surface area contributed by atoms with Crippen LogP contribution in [0.2, 0.25) is 0 Å². The number of hydrogen-bond donors (Lipinski definition) is 0. The minimum absolute atomic E-state index is 0.0121. The Morgan fingerprint density at radius 3 is 2.29 bits per heavy atom. The van der Waals surface area contributed by atoms with Gasteiger partial charge in [-0.1, -0.05) is 12.8 Å². The van der Waals surface area contributed by atoms with Crippen molar-refractivity contribution in [3.05, 3.63) is 0 Å². The summed E-state index contributed by atoms with van der Waals surface area (Å²) < 4.78 is 37.9. The summed E-state index contributed by atoms with van der Waals surface area (Å²) in [5.74, 6) is -1.37. The number of amides is 1. The highest BCUT2D eigenvalue weighted by Crippen LogP contribution is 2.35. The summed E-state index contributed by atoms with van der Waals surface area (Å²) in [5, 5.41) is 0. The highest BCUT2D eigenvalue weighted by atomic mass is 19.4. The lowest BCUT2D eigenvalue weighted by atomic mass is 9.95. The molecule has 1 unspecified atom stereocenters. The van der Waals surface area contributed by atoms with E-state index >= 15 is 0 Å². The zero-order valence-electron chi connectivity index (χ0n) is 9.80. The molecule has 0 aromatic heterocycles. The van der Waals surface area contributed by atoms with Crippen molar-refractivity contribution in [2.75, 3.05) is 13.1 Å². The van der Waals surface area contributed by atoms with Crippen molar-refractivity contribution in [1.82, 2.24) is 4.90 Å². The molecule has 1 atom stereocenters. The molecule has 0 aromatic carbocycles. The number of alkyl halides is 3. The van der Waals surface area contributed by atoms with Crippen LogP contribution < -0.4 is 0 Å². The Morgan fingerprint density at radius 1 is 1.06 bits per heavy atom. The molecule has 2 rings (SSSR count). The van der Waals surface area contributed by atoms with Gasteiger partial charge in [-0.05, 0) is 25.7 Å². The summed E-state index contributed by atoms with van der Waals surface area (Å²) in [7, 11) is 0. The molecule has 1 amide bonds. The molecule has 1 aliphatic heterocycles. The summed E-state index contributed by atoms with van der Waals surface area (Å²) in [6, 6.07) is 0. The number of carbonyl (C=O) groups excluding carboxylic acids is 1. The van der Waals surface area contributed by atoms with Gasteiger partial charge in [0.05, 0.1) is 5.92 Å². The monoisotopic (exact) mass is 249 g/mol. The molecule has 0 radical (unpaired) electrons. The third-order valence-electron chi connectivity index (χ3n) is 3.90. The molecule has 0 aromatic rings. The van der Waals surface area contributed by atoms with Crippen LogP contribution in [0.25, 0.3) is 0 Å². The highest BCUT2D eigenvalue weighted by molar-refractivity contribution is 5.79. The highest BCUT2D eigenvalue weighted by Gasteiger charge is 2.43. The predicted molar refractivity (Wildman–Crippen MR) is 57.3 cm³/mol. The van der Waals surface area contributed by atoms with Crippen molar-refractivity contribution in [2.45, 2.75) is 44.7 Å². The van der Waals surface area contributed by atoms with Gasteiger partial charge in [-0.15, -0.1) is 0 Å². The molecule has 1 heterocycles. The van der Waals surface area contributed by atoms with E-state index in [-0.39, 0.29) is 24.8 Å². The van der Waals surface area contributed by atoms with Crippen molar-refractivity contribution < 1.29 is 18.0 Å². The van der Waals surface area contributed by atoms with Crippen LogP contribution in [0.3, 0.4) is 0 Å². The Kier molecular flexibility index (Phi) is 3.64. The average molecular weight is 249 g/mol. The summed E-state index contributed by atoms with van der Waals surface area (Å²) in [6.07, 6.45) is 0.257. The maximum Gasteiger partial charge on any atom is 0.393 e. The van der Waals surface area contributed by atoms with E-state index in [1.54, 1.807) is 0 Å². The molecule has 98 valence electrons. The van der Waals surface area contributed by atoms with E-state index in [0.29, 0.717) is 13.0 Å². The molecule has 1 aliphatic carbocycles. The standard InChI is InChI=1S/C12H18F3NO/c13-12(14,15)10-6-3-7-16(8-10)11(17)9-4-1-2-5-9/h9-10H,1-8H2. The van der Waals surface area contributed by atoms with E-state index in [1.807, 2.05) is 0 Å². The third kappa shape index (κ3) is 2.93. The second-order valence-corrected chi connectivity index (χ2v) is 5.15. The topological polar surface area (TPSA) is 20.3 Å². The summed E-state index contributed by atoms with van der Waals surface area (Å²) in [6.45, 7) is 0.376. The van der Waals surface area contributed by atoms with Gasteiger partial charge in [0.1, 0.15) is 0 Å². The van der Waals surface area contributed by atoms with Crippen LogP contribution in [-0.2, 0) is 4.79 Å². The minimum atomic E-state index is -4.16. The molecule has 2 nitrogen and oxygen atoms in total. The summed E-state index contributed by atoms with van der Waals surface area (Å²) in [5.41, 5.74) is 0. The van der Waals surface area contributed by atoms with Gasteiger partial charge in [0.2, 0.25) is 5.91 Å². The fourth-order valence-corrected chi connectivity index (χ4v) is 2.88. The van der Waals surface area contributed by atoms with Crippen molar-refractivity contribution >= 4 is 5.91 Å². The summed E-state index contributed by atoms with van der Waals surface area (Å²) in [4.78, 5) is 13.5. The van der Waals surface area contributed by atoms with E-state index in [0.717, 1.165) is 25.7 Å². The van der Waals surface area contributed by atoms with E-state index in [4.69, 9.17) is 0 Å². The number of carbonyl (C=O) groups is 1. The molecule has 0 spiro atoms. The first-order chi connectivity index (χ1) is 7.98. The van der Waals surface area contributed by atoms with Crippen LogP contribution in [-0.4, -0.2) is 30.1 Å². The zero-order valence-corrected chi connectivity index (χ0v) is 9.80. The number of nitrogens with zero attached hydrogens (tertiary/aromatic N) is 1. The van der Waals surface area contributed by atoms with E-state index in [1.165, 1.54) is 4.90 Å². The van der Waals surface area contributed by atoms with Crippen LogP contribution >= 0.6 is 0 Å². The van der Waals surface area contributed by atoms with Crippen LogP contribution in [0.4, 0.5) is 13.2 Å². The van der Waals surface area contributed by atoms with Gasteiger partial charge >= 0.3 is 6.18 Å². The summed E-state index contributed by atoms with van der Waals surface area (Å²) >= 11 is 0. The van der Waals surface area contributed by atoms with E-state index in [2.05, 4.69) is 0 Å². The van der Waals surface area contributed by atoms with Crippen molar-refractivity contribution in [2.24, 2.45) is 11.8 Å². The Morgan fingerprint density at radius 2 is 1.71 bits per heavy atom. The maximum absolute atomic E-state index is 12.6. The number of hydrogen-bond acceptors (Lipinski definition) is 1. The smallest absolute Gasteiger partial charge is 0.342 e. The quantitative estimate of drug-likeness (QED) is 0.699. The second-order valence-electron chi connectivity index (χ2n) is 5.15. The molecule has 17 heavy (non-hydrogen) atoms. The Hall–Kier alpha value is -0.740. The number of piperidine rings is 1. The molecule has 1 saturated carbocycles. The lowest BCUT2D eigenvalue weighted by Crippen LogP contribution is -2.46. The molecule has 2 aliphatic rings. The van der Waals surface area contributed by atoms with Crippen LogP contribution in [0.1, 0.15) is 38.5 Å². The first kappa shape index (κ1) is 12.7. The van der Waals surface area contributed by atoms with Gasteiger partial charge in [0, 0.05) is 19.0 Å². The molecule has 1 saturated heterocycles. The predicted octanol–water partition coefficient (Wildman–Crippen LogP) is 2.98. The van der Waals surface area contributed by atoms with E-state index in [9.17, 15) is 18.0 Å². The van der Waals surface area contributed by atoms with Crippen molar-refractivity contribution in [3.8, 4) is 0 Å².